The van der Waals surface area contributed by atoms with Gasteiger partial charge in [0.1, 0.15) is 0 Å². The molecule has 0 amide bonds. The Morgan fingerprint density at radius 1 is 1.19 bits per heavy atom. The average molecular weight is 369 g/mol. The molecule has 0 bridgehead atoms. The summed E-state index contributed by atoms with van der Waals surface area (Å²) in [6.07, 6.45) is 3.60. The number of aromatic nitrogens is 6. The summed E-state index contributed by atoms with van der Waals surface area (Å²) in [5.74, 6) is 1.76. The normalized spacial score (nSPS) is 16.1. The summed E-state index contributed by atoms with van der Waals surface area (Å²) in [6.45, 7) is 5.23. The van der Waals surface area contributed by atoms with Gasteiger partial charge in [-0.2, -0.15) is 4.52 Å². The summed E-state index contributed by atoms with van der Waals surface area (Å²) in [5, 5.41) is 13.0. The number of likely N-dealkylation sites (tertiary alicyclic amines) is 1. The molecular weight excluding hydrogens is 346 g/mol. The second-order valence-corrected chi connectivity index (χ2v) is 6.88. The van der Waals surface area contributed by atoms with Crippen molar-refractivity contribution in [2.24, 2.45) is 0 Å². The molecule has 142 valence electrons. The molecule has 1 saturated heterocycles. The molecule has 1 fully saturated rings. The minimum atomic E-state index is 0.00679. The third-order valence-corrected chi connectivity index (χ3v) is 5.10. The molecule has 0 aliphatic carbocycles. The standard InChI is InChI=1S/C18H23N7O2/c1-13-11-17(26)24(12-19-13)10-9-23-7-5-14(6-8-23)18-21-20-15-3-4-16(27-2)22-25(15)18/h3-4,11-12,14H,5-10H2,1-2H3. The number of ether oxygens (including phenoxy) is 1. The molecule has 0 unspecified atom stereocenters. The van der Waals surface area contributed by atoms with Gasteiger partial charge in [-0.25, -0.2) is 4.98 Å². The molecule has 0 radical (unpaired) electrons. The molecule has 0 atom stereocenters. The van der Waals surface area contributed by atoms with E-state index in [1.807, 2.05) is 13.0 Å². The lowest BCUT2D eigenvalue weighted by Gasteiger charge is -2.31. The highest BCUT2D eigenvalue weighted by molar-refractivity contribution is 5.38. The van der Waals surface area contributed by atoms with Gasteiger partial charge in [-0.3, -0.25) is 9.36 Å². The molecule has 9 nitrogen and oxygen atoms in total. The Kier molecular flexibility index (Phi) is 4.85. The smallest absolute Gasteiger partial charge is 0.253 e. The van der Waals surface area contributed by atoms with Crippen LogP contribution in [0.25, 0.3) is 5.65 Å². The zero-order chi connectivity index (χ0) is 18.8. The van der Waals surface area contributed by atoms with Crippen LogP contribution in [0.5, 0.6) is 5.88 Å². The summed E-state index contributed by atoms with van der Waals surface area (Å²) in [4.78, 5) is 18.5. The fourth-order valence-corrected chi connectivity index (χ4v) is 3.50. The van der Waals surface area contributed by atoms with Crippen molar-refractivity contribution in [3.8, 4) is 5.88 Å². The van der Waals surface area contributed by atoms with Crippen molar-refractivity contribution in [3.63, 3.8) is 0 Å². The highest BCUT2D eigenvalue weighted by atomic mass is 16.5. The highest BCUT2D eigenvalue weighted by Crippen LogP contribution is 2.27. The van der Waals surface area contributed by atoms with E-state index < -0.39 is 0 Å². The van der Waals surface area contributed by atoms with Gasteiger partial charge in [-0.15, -0.1) is 15.3 Å². The van der Waals surface area contributed by atoms with E-state index in [2.05, 4.69) is 25.2 Å². The van der Waals surface area contributed by atoms with Gasteiger partial charge in [-0.1, -0.05) is 0 Å². The van der Waals surface area contributed by atoms with Crippen LogP contribution in [0.2, 0.25) is 0 Å². The van der Waals surface area contributed by atoms with E-state index in [4.69, 9.17) is 4.74 Å². The second-order valence-electron chi connectivity index (χ2n) is 6.88. The number of fused-ring (bicyclic) bond motifs is 1. The fraction of sp³-hybridized carbons (Fsp3) is 0.500. The Morgan fingerprint density at radius 2 is 2.00 bits per heavy atom. The van der Waals surface area contributed by atoms with Crippen LogP contribution in [-0.2, 0) is 6.54 Å². The molecule has 4 heterocycles. The third-order valence-electron chi connectivity index (χ3n) is 5.10. The topological polar surface area (TPSA) is 90.4 Å². The molecule has 0 N–H and O–H groups in total. The molecule has 9 heteroatoms. The monoisotopic (exact) mass is 369 g/mol. The molecule has 3 aromatic rings. The Balaban J connectivity index is 1.38. The zero-order valence-corrected chi connectivity index (χ0v) is 15.6. The van der Waals surface area contributed by atoms with Gasteiger partial charge >= 0.3 is 0 Å². The van der Waals surface area contributed by atoms with Crippen molar-refractivity contribution < 1.29 is 4.74 Å². The maximum Gasteiger partial charge on any atom is 0.253 e. The summed E-state index contributed by atoms with van der Waals surface area (Å²) < 4.78 is 8.67. The molecule has 1 aliphatic rings. The van der Waals surface area contributed by atoms with Gasteiger partial charge in [0, 0.05) is 36.8 Å². The van der Waals surface area contributed by atoms with Crippen molar-refractivity contribution >= 4 is 5.65 Å². The number of hydrogen-bond donors (Lipinski definition) is 0. The molecular formula is C18H23N7O2. The number of piperidine rings is 1. The summed E-state index contributed by atoms with van der Waals surface area (Å²) in [7, 11) is 1.60. The number of rotatable bonds is 5. The largest absolute Gasteiger partial charge is 0.480 e. The predicted molar refractivity (Wildman–Crippen MR) is 99.0 cm³/mol. The van der Waals surface area contributed by atoms with Crippen LogP contribution in [0.3, 0.4) is 0 Å². The maximum atomic E-state index is 12.0. The molecule has 0 spiro atoms. The Bertz CT molecular complexity index is 989. The molecule has 0 saturated carbocycles. The van der Waals surface area contributed by atoms with E-state index >= 15 is 0 Å². The van der Waals surface area contributed by atoms with Crippen LogP contribution < -0.4 is 10.3 Å². The van der Waals surface area contributed by atoms with Gasteiger partial charge in [0.25, 0.3) is 5.56 Å². The van der Waals surface area contributed by atoms with Gasteiger partial charge < -0.3 is 9.64 Å². The van der Waals surface area contributed by atoms with Crippen LogP contribution in [0.15, 0.2) is 29.3 Å². The first kappa shape index (κ1) is 17.6. The summed E-state index contributed by atoms with van der Waals surface area (Å²) in [5.41, 5.74) is 1.50. The van der Waals surface area contributed by atoms with E-state index in [1.165, 1.54) is 0 Å². The lowest BCUT2D eigenvalue weighted by atomic mass is 9.96. The van der Waals surface area contributed by atoms with Crippen LogP contribution in [0.1, 0.15) is 30.3 Å². The van der Waals surface area contributed by atoms with Crippen LogP contribution in [0, 0.1) is 6.92 Å². The van der Waals surface area contributed by atoms with Gasteiger partial charge in [0.05, 0.1) is 13.4 Å². The lowest BCUT2D eigenvalue weighted by molar-refractivity contribution is 0.200. The molecule has 3 aromatic heterocycles. The van der Waals surface area contributed by atoms with E-state index in [0.717, 1.165) is 49.6 Å². The highest BCUT2D eigenvalue weighted by Gasteiger charge is 2.25. The molecule has 0 aromatic carbocycles. The van der Waals surface area contributed by atoms with E-state index in [1.54, 1.807) is 34.7 Å². The maximum absolute atomic E-state index is 12.0. The van der Waals surface area contributed by atoms with Gasteiger partial charge in [-0.05, 0) is 38.9 Å². The first-order chi connectivity index (χ1) is 13.1. The van der Waals surface area contributed by atoms with Crippen molar-refractivity contribution in [2.75, 3.05) is 26.7 Å². The van der Waals surface area contributed by atoms with E-state index in [-0.39, 0.29) is 5.56 Å². The Hall–Kier alpha value is -2.81. The Morgan fingerprint density at radius 3 is 2.74 bits per heavy atom. The minimum absolute atomic E-state index is 0.00679. The van der Waals surface area contributed by atoms with Crippen LogP contribution in [0.4, 0.5) is 0 Å². The van der Waals surface area contributed by atoms with E-state index in [0.29, 0.717) is 18.3 Å². The number of methoxy groups -OCH3 is 1. The van der Waals surface area contributed by atoms with Crippen LogP contribution in [-0.4, -0.2) is 61.0 Å². The lowest BCUT2D eigenvalue weighted by Crippen LogP contribution is -2.37. The second kappa shape index (κ2) is 7.43. The minimum Gasteiger partial charge on any atom is -0.480 e. The number of aryl methyl sites for hydroxylation is 1. The first-order valence-corrected chi connectivity index (χ1v) is 9.16. The van der Waals surface area contributed by atoms with Crippen molar-refractivity contribution in [1.29, 1.82) is 0 Å². The van der Waals surface area contributed by atoms with Gasteiger partial charge in [0.15, 0.2) is 11.5 Å². The van der Waals surface area contributed by atoms with Crippen molar-refractivity contribution in [2.45, 2.75) is 32.2 Å². The summed E-state index contributed by atoms with van der Waals surface area (Å²) >= 11 is 0. The number of hydrogen-bond acceptors (Lipinski definition) is 7. The SMILES string of the molecule is COc1ccc2nnc(C3CCN(CCn4cnc(C)cc4=O)CC3)n2n1. The van der Waals surface area contributed by atoms with Gasteiger partial charge in [0.2, 0.25) is 5.88 Å². The fourth-order valence-electron chi connectivity index (χ4n) is 3.50. The molecule has 27 heavy (non-hydrogen) atoms. The molecule has 1 aliphatic heterocycles. The summed E-state index contributed by atoms with van der Waals surface area (Å²) in [6, 6.07) is 5.23. The van der Waals surface area contributed by atoms with Crippen molar-refractivity contribution in [1.82, 2.24) is 34.3 Å². The van der Waals surface area contributed by atoms with Crippen molar-refractivity contribution in [3.05, 3.63) is 46.4 Å². The average Bonchev–Trinajstić information content (AvgIpc) is 3.11. The zero-order valence-electron chi connectivity index (χ0n) is 15.6. The first-order valence-electron chi connectivity index (χ1n) is 9.16. The molecule has 4 rings (SSSR count). The van der Waals surface area contributed by atoms with E-state index in [9.17, 15) is 4.79 Å². The quantitative estimate of drug-likeness (QED) is 0.659. The predicted octanol–water partition coefficient (Wildman–Crippen LogP) is 0.878. The number of nitrogens with zero attached hydrogens (tertiary/aromatic N) is 7. The third kappa shape index (κ3) is 3.68. The Labute approximate surface area is 156 Å². The van der Waals surface area contributed by atoms with Crippen LogP contribution >= 0.6 is 0 Å².